The molecule has 0 aliphatic heterocycles. The molecule has 0 aromatic heterocycles. The molecule has 2 aromatic carbocycles. The zero-order valence-corrected chi connectivity index (χ0v) is 9.21. The number of carbonyl (C=O) groups is 1. The third-order valence-corrected chi connectivity index (χ3v) is 2.53. The number of hydrogen-bond donors (Lipinski definition) is 0. The van der Waals surface area contributed by atoms with Crippen LogP contribution in [0, 0.1) is 11.6 Å². The Labute approximate surface area is 97.7 Å². The van der Waals surface area contributed by atoms with E-state index in [0.717, 1.165) is 6.07 Å². The van der Waals surface area contributed by atoms with Gasteiger partial charge >= 0.3 is 0 Å². The van der Waals surface area contributed by atoms with Crippen LogP contribution in [0.3, 0.4) is 0 Å². The summed E-state index contributed by atoms with van der Waals surface area (Å²) in [6.45, 7) is 1.47. The predicted octanol–water partition coefficient (Wildman–Crippen LogP) is 3.83. The highest BCUT2D eigenvalue weighted by atomic mass is 19.1. The molecule has 0 atom stereocenters. The Bertz CT molecular complexity index is 559. The van der Waals surface area contributed by atoms with Crippen molar-refractivity contribution in [2.45, 2.75) is 6.92 Å². The fourth-order valence-corrected chi connectivity index (χ4v) is 1.61. The molecule has 2 rings (SSSR count). The van der Waals surface area contributed by atoms with Gasteiger partial charge in [-0.25, -0.2) is 8.78 Å². The van der Waals surface area contributed by atoms with E-state index in [2.05, 4.69) is 0 Å². The van der Waals surface area contributed by atoms with Gasteiger partial charge in [0.25, 0.3) is 0 Å². The molecule has 1 nitrogen and oxygen atoms in total. The second-order valence-electron chi connectivity index (χ2n) is 3.76. The Hall–Kier alpha value is -2.03. The van der Waals surface area contributed by atoms with Crippen LogP contribution in [0.1, 0.15) is 17.3 Å². The summed E-state index contributed by atoms with van der Waals surface area (Å²) in [6, 6.07) is 9.97. The fourth-order valence-electron chi connectivity index (χ4n) is 1.61. The Morgan fingerprint density at radius 1 is 1.00 bits per heavy atom. The quantitative estimate of drug-likeness (QED) is 0.719. The minimum Gasteiger partial charge on any atom is -0.295 e. The summed E-state index contributed by atoms with van der Waals surface area (Å²) in [5.74, 6) is -1.26. The number of benzene rings is 2. The van der Waals surface area contributed by atoms with E-state index in [1.807, 2.05) is 0 Å². The molecule has 0 spiro atoms. The first kappa shape index (κ1) is 11.5. The maximum Gasteiger partial charge on any atom is 0.159 e. The van der Waals surface area contributed by atoms with Crippen molar-refractivity contribution in [3.63, 3.8) is 0 Å². The molecule has 0 bridgehead atoms. The zero-order chi connectivity index (χ0) is 12.4. The normalized spacial score (nSPS) is 10.3. The van der Waals surface area contributed by atoms with Crippen molar-refractivity contribution >= 4 is 5.78 Å². The maximum atomic E-state index is 13.5. The smallest absolute Gasteiger partial charge is 0.159 e. The molecule has 2 aromatic rings. The summed E-state index contributed by atoms with van der Waals surface area (Å²) in [7, 11) is 0. The Balaban J connectivity index is 2.43. The van der Waals surface area contributed by atoms with Gasteiger partial charge in [0.15, 0.2) is 5.78 Å². The second kappa shape index (κ2) is 4.45. The second-order valence-corrected chi connectivity index (χ2v) is 3.76. The van der Waals surface area contributed by atoms with E-state index in [-0.39, 0.29) is 5.78 Å². The number of ketones is 1. The van der Waals surface area contributed by atoms with Gasteiger partial charge in [-0.2, -0.15) is 0 Å². The van der Waals surface area contributed by atoms with E-state index in [9.17, 15) is 13.6 Å². The van der Waals surface area contributed by atoms with Crippen molar-refractivity contribution in [3.05, 3.63) is 59.7 Å². The topological polar surface area (TPSA) is 17.1 Å². The standard InChI is InChI=1S/C14H10F2O/c1-9(17)10-2-4-11(5-3-10)13-7-6-12(15)8-14(13)16/h2-8H,1H3. The number of hydrogen-bond acceptors (Lipinski definition) is 1. The van der Waals surface area contributed by atoms with E-state index in [4.69, 9.17) is 0 Å². The van der Waals surface area contributed by atoms with Gasteiger partial charge < -0.3 is 0 Å². The first-order valence-corrected chi connectivity index (χ1v) is 5.14. The molecule has 0 aliphatic carbocycles. The van der Waals surface area contributed by atoms with E-state index < -0.39 is 11.6 Å². The first-order chi connectivity index (χ1) is 8.08. The highest BCUT2D eigenvalue weighted by Gasteiger charge is 2.07. The molecule has 0 heterocycles. The molecule has 0 aliphatic rings. The Morgan fingerprint density at radius 2 is 1.65 bits per heavy atom. The van der Waals surface area contributed by atoms with E-state index >= 15 is 0 Å². The van der Waals surface area contributed by atoms with Gasteiger partial charge in [0.2, 0.25) is 0 Å². The average Bonchev–Trinajstić information content (AvgIpc) is 2.29. The lowest BCUT2D eigenvalue weighted by atomic mass is 10.0. The minimum atomic E-state index is -0.611. The number of halogens is 2. The SMILES string of the molecule is CC(=O)c1ccc(-c2ccc(F)cc2F)cc1. The molecule has 0 amide bonds. The molecule has 0 fully saturated rings. The number of carbonyl (C=O) groups excluding carboxylic acids is 1. The van der Waals surface area contributed by atoms with Crippen molar-refractivity contribution in [2.24, 2.45) is 0 Å². The van der Waals surface area contributed by atoms with Gasteiger partial charge in [0.05, 0.1) is 0 Å². The average molecular weight is 232 g/mol. The van der Waals surface area contributed by atoms with Crippen LogP contribution in [-0.2, 0) is 0 Å². The summed E-state index contributed by atoms with van der Waals surface area (Å²) >= 11 is 0. The van der Waals surface area contributed by atoms with Crippen LogP contribution in [0.25, 0.3) is 11.1 Å². The lowest BCUT2D eigenvalue weighted by Crippen LogP contribution is -1.92. The van der Waals surface area contributed by atoms with Gasteiger partial charge in [0.1, 0.15) is 11.6 Å². The van der Waals surface area contributed by atoms with Gasteiger partial charge in [-0.1, -0.05) is 24.3 Å². The molecule has 0 N–H and O–H groups in total. The minimum absolute atomic E-state index is 0.0453. The van der Waals surface area contributed by atoms with Crippen molar-refractivity contribution in [1.82, 2.24) is 0 Å². The third kappa shape index (κ3) is 2.38. The van der Waals surface area contributed by atoms with Crippen LogP contribution < -0.4 is 0 Å². The highest BCUT2D eigenvalue weighted by Crippen LogP contribution is 2.23. The molecule has 0 radical (unpaired) electrons. The number of rotatable bonds is 2. The van der Waals surface area contributed by atoms with Crippen LogP contribution in [0.15, 0.2) is 42.5 Å². The van der Waals surface area contributed by atoms with Gasteiger partial charge in [-0.3, -0.25) is 4.79 Å². The zero-order valence-electron chi connectivity index (χ0n) is 9.21. The lowest BCUT2D eigenvalue weighted by Gasteiger charge is -2.04. The fraction of sp³-hybridized carbons (Fsp3) is 0.0714. The molecular weight excluding hydrogens is 222 g/mol. The van der Waals surface area contributed by atoms with Crippen LogP contribution in [-0.4, -0.2) is 5.78 Å². The molecule has 3 heteroatoms. The largest absolute Gasteiger partial charge is 0.295 e. The van der Waals surface area contributed by atoms with Crippen LogP contribution in [0.5, 0.6) is 0 Å². The van der Waals surface area contributed by atoms with E-state index in [0.29, 0.717) is 16.7 Å². The van der Waals surface area contributed by atoms with Gasteiger partial charge in [0, 0.05) is 17.2 Å². The Kier molecular flexibility index (Phi) is 3.00. The van der Waals surface area contributed by atoms with Crippen LogP contribution >= 0.6 is 0 Å². The highest BCUT2D eigenvalue weighted by molar-refractivity contribution is 5.94. The molecule has 86 valence electrons. The maximum absolute atomic E-state index is 13.5. The summed E-state index contributed by atoms with van der Waals surface area (Å²) < 4.78 is 26.2. The molecule has 0 saturated heterocycles. The van der Waals surface area contributed by atoms with E-state index in [1.165, 1.54) is 19.1 Å². The van der Waals surface area contributed by atoms with Crippen molar-refractivity contribution in [2.75, 3.05) is 0 Å². The lowest BCUT2D eigenvalue weighted by molar-refractivity contribution is 0.101. The van der Waals surface area contributed by atoms with Crippen molar-refractivity contribution in [1.29, 1.82) is 0 Å². The van der Waals surface area contributed by atoms with E-state index in [1.54, 1.807) is 24.3 Å². The molecular formula is C14H10F2O. The Morgan fingerprint density at radius 3 is 2.18 bits per heavy atom. The summed E-state index contributed by atoms with van der Waals surface area (Å²) in [5, 5.41) is 0. The van der Waals surface area contributed by atoms with Gasteiger partial charge in [-0.15, -0.1) is 0 Å². The monoisotopic (exact) mass is 232 g/mol. The molecule has 0 saturated carbocycles. The summed E-state index contributed by atoms with van der Waals surface area (Å²) in [4.78, 5) is 11.1. The molecule has 17 heavy (non-hydrogen) atoms. The predicted molar refractivity (Wildman–Crippen MR) is 61.8 cm³/mol. The van der Waals surface area contributed by atoms with Crippen molar-refractivity contribution < 1.29 is 13.6 Å². The molecule has 0 unspecified atom stereocenters. The van der Waals surface area contributed by atoms with Gasteiger partial charge in [-0.05, 0) is 24.6 Å². The summed E-state index contributed by atoms with van der Waals surface area (Å²) in [6.07, 6.45) is 0. The summed E-state index contributed by atoms with van der Waals surface area (Å²) in [5.41, 5.74) is 1.50. The van der Waals surface area contributed by atoms with Crippen molar-refractivity contribution in [3.8, 4) is 11.1 Å². The first-order valence-electron chi connectivity index (χ1n) is 5.14. The van der Waals surface area contributed by atoms with Crippen LogP contribution in [0.4, 0.5) is 8.78 Å². The third-order valence-electron chi connectivity index (χ3n) is 2.53. The van der Waals surface area contributed by atoms with Crippen LogP contribution in [0.2, 0.25) is 0 Å². The number of Topliss-reactive ketones (excluding diaryl/α,β-unsaturated/α-hetero) is 1.